The molecule has 0 saturated carbocycles. The highest BCUT2D eigenvalue weighted by molar-refractivity contribution is 6.32. The molecule has 148 valence electrons. The van der Waals surface area contributed by atoms with Gasteiger partial charge in [-0.1, -0.05) is 47.5 Å². The number of fused-ring (bicyclic) bond motifs is 2. The van der Waals surface area contributed by atoms with E-state index in [1.165, 1.54) is 4.90 Å². The van der Waals surface area contributed by atoms with Crippen LogP contribution in [0.3, 0.4) is 0 Å². The molecule has 5 rings (SSSR count). The molecule has 1 atom stereocenters. The summed E-state index contributed by atoms with van der Waals surface area (Å²) in [7, 11) is 0. The van der Waals surface area contributed by atoms with E-state index in [0.29, 0.717) is 27.4 Å². The Morgan fingerprint density at radius 3 is 2.50 bits per heavy atom. The van der Waals surface area contributed by atoms with Crippen molar-refractivity contribution in [2.75, 3.05) is 4.90 Å². The summed E-state index contributed by atoms with van der Waals surface area (Å²) >= 11 is 6.27. The third-order valence-corrected chi connectivity index (χ3v) is 5.85. The van der Waals surface area contributed by atoms with Gasteiger partial charge in [-0.25, -0.2) is 4.98 Å². The summed E-state index contributed by atoms with van der Waals surface area (Å²) in [6.07, 6.45) is 1.62. The van der Waals surface area contributed by atoms with Crippen molar-refractivity contribution in [3.63, 3.8) is 0 Å². The molecule has 3 heterocycles. The molecule has 0 N–H and O–H groups in total. The normalized spacial score (nSPS) is 15.6. The second-order valence-electron chi connectivity index (χ2n) is 7.45. The Balaban J connectivity index is 1.83. The average molecular weight is 417 g/mol. The zero-order chi connectivity index (χ0) is 21.0. The maximum Gasteiger partial charge on any atom is 0.296 e. The predicted octanol–water partition coefficient (Wildman–Crippen LogP) is 5.21. The van der Waals surface area contributed by atoms with Crippen molar-refractivity contribution < 1.29 is 9.21 Å². The van der Waals surface area contributed by atoms with Crippen LogP contribution < -0.4 is 10.3 Å². The van der Waals surface area contributed by atoms with Gasteiger partial charge in [0.2, 0.25) is 5.76 Å². The highest BCUT2D eigenvalue weighted by atomic mass is 35.5. The minimum Gasteiger partial charge on any atom is -0.450 e. The van der Waals surface area contributed by atoms with Crippen molar-refractivity contribution >= 4 is 34.3 Å². The van der Waals surface area contributed by atoms with Gasteiger partial charge in [-0.3, -0.25) is 14.5 Å². The Bertz CT molecular complexity index is 1360. The number of pyridine rings is 1. The summed E-state index contributed by atoms with van der Waals surface area (Å²) in [4.78, 5) is 32.8. The quantitative estimate of drug-likeness (QED) is 0.450. The highest BCUT2D eigenvalue weighted by Crippen LogP contribution is 2.40. The van der Waals surface area contributed by atoms with E-state index in [0.717, 1.165) is 16.7 Å². The van der Waals surface area contributed by atoms with Gasteiger partial charge >= 0.3 is 0 Å². The van der Waals surface area contributed by atoms with Gasteiger partial charge < -0.3 is 4.42 Å². The Morgan fingerprint density at radius 2 is 1.80 bits per heavy atom. The first-order valence-electron chi connectivity index (χ1n) is 9.53. The lowest BCUT2D eigenvalue weighted by Gasteiger charge is -2.24. The van der Waals surface area contributed by atoms with E-state index in [2.05, 4.69) is 4.98 Å². The van der Waals surface area contributed by atoms with Crippen molar-refractivity contribution in [1.29, 1.82) is 0 Å². The average Bonchev–Trinajstić information content (AvgIpc) is 3.04. The molecule has 1 aliphatic heterocycles. The van der Waals surface area contributed by atoms with Crippen LogP contribution in [-0.4, -0.2) is 10.9 Å². The molecule has 2 aromatic carbocycles. The smallest absolute Gasteiger partial charge is 0.296 e. The van der Waals surface area contributed by atoms with Crippen LogP contribution in [0.25, 0.3) is 11.0 Å². The van der Waals surface area contributed by atoms with E-state index in [9.17, 15) is 9.59 Å². The van der Waals surface area contributed by atoms with Crippen LogP contribution in [-0.2, 0) is 0 Å². The summed E-state index contributed by atoms with van der Waals surface area (Å²) in [5, 5.41) is 0.838. The molecule has 1 unspecified atom stereocenters. The Labute approximate surface area is 177 Å². The molecule has 0 aliphatic carbocycles. The predicted molar refractivity (Wildman–Crippen MR) is 116 cm³/mol. The number of benzene rings is 2. The number of anilines is 1. The Hall–Kier alpha value is -3.44. The molecule has 1 aliphatic rings. The molecule has 5 nitrogen and oxygen atoms in total. The van der Waals surface area contributed by atoms with Gasteiger partial charge in [0.15, 0.2) is 5.43 Å². The van der Waals surface area contributed by atoms with Crippen molar-refractivity contribution in [3.8, 4) is 0 Å². The number of aryl methyl sites for hydroxylation is 2. The SMILES string of the molecule is Cc1ccc(C2c3c(oc4cc(C)c(Cl)cc4c3=O)C(=O)N2c2ccccn2)cc1. The zero-order valence-electron chi connectivity index (χ0n) is 16.3. The van der Waals surface area contributed by atoms with Crippen LogP contribution in [0.2, 0.25) is 5.02 Å². The molecule has 6 heteroatoms. The third kappa shape index (κ3) is 2.74. The van der Waals surface area contributed by atoms with Crippen molar-refractivity contribution in [2.45, 2.75) is 19.9 Å². The summed E-state index contributed by atoms with van der Waals surface area (Å²) in [6.45, 7) is 3.81. The Morgan fingerprint density at radius 1 is 1.03 bits per heavy atom. The summed E-state index contributed by atoms with van der Waals surface area (Å²) in [6, 6.07) is 15.7. The first-order chi connectivity index (χ1) is 14.5. The second-order valence-corrected chi connectivity index (χ2v) is 7.86. The van der Waals surface area contributed by atoms with Crippen LogP contribution in [0.5, 0.6) is 0 Å². The van der Waals surface area contributed by atoms with Crippen LogP contribution in [0.1, 0.15) is 38.9 Å². The van der Waals surface area contributed by atoms with Crippen LogP contribution in [0, 0.1) is 13.8 Å². The molecule has 0 radical (unpaired) electrons. The molecule has 2 aromatic heterocycles. The van der Waals surface area contributed by atoms with Crippen molar-refractivity contribution in [2.24, 2.45) is 0 Å². The number of hydrogen-bond donors (Lipinski definition) is 0. The number of hydrogen-bond acceptors (Lipinski definition) is 4. The van der Waals surface area contributed by atoms with Gasteiger partial charge in [0, 0.05) is 11.2 Å². The lowest BCUT2D eigenvalue weighted by Crippen LogP contribution is -2.30. The van der Waals surface area contributed by atoms with Gasteiger partial charge in [0.1, 0.15) is 11.4 Å². The van der Waals surface area contributed by atoms with E-state index < -0.39 is 6.04 Å². The topological polar surface area (TPSA) is 63.4 Å². The van der Waals surface area contributed by atoms with E-state index in [1.54, 1.807) is 36.5 Å². The summed E-state index contributed by atoms with van der Waals surface area (Å²) in [5.41, 5.74) is 3.06. The second kappa shape index (κ2) is 6.82. The van der Waals surface area contributed by atoms with Crippen molar-refractivity contribution in [3.05, 3.63) is 104 Å². The zero-order valence-corrected chi connectivity index (χ0v) is 17.1. The van der Waals surface area contributed by atoms with Crippen molar-refractivity contribution in [1.82, 2.24) is 4.98 Å². The number of amides is 1. The molecular weight excluding hydrogens is 400 g/mol. The molecule has 30 heavy (non-hydrogen) atoms. The van der Waals surface area contributed by atoms with Crippen LogP contribution in [0.15, 0.2) is 70.0 Å². The molecule has 0 saturated heterocycles. The van der Waals surface area contributed by atoms with E-state index in [1.807, 2.05) is 38.1 Å². The highest BCUT2D eigenvalue weighted by Gasteiger charge is 2.44. The minimum atomic E-state index is -0.635. The standard InChI is InChI=1S/C24H17ClN2O3/c1-13-6-8-15(9-7-13)21-20-22(28)16-12-17(25)14(2)11-18(16)30-23(20)24(29)27(21)19-5-3-4-10-26-19/h3-12,21H,1-2H3. The number of nitrogens with zero attached hydrogens (tertiary/aromatic N) is 2. The number of halogens is 1. The molecule has 0 spiro atoms. The molecule has 1 amide bonds. The van der Waals surface area contributed by atoms with E-state index >= 15 is 0 Å². The maximum atomic E-state index is 13.5. The Kier molecular flexibility index (Phi) is 4.22. The number of aromatic nitrogens is 1. The lowest BCUT2D eigenvalue weighted by atomic mass is 9.97. The van der Waals surface area contributed by atoms with Gasteiger partial charge in [0.25, 0.3) is 5.91 Å². The van der Waals surface area contributed by atoms with Gasteiger partial charge in [0.05, 0.1) is 17.0 Å². The molecule has 0 fully saturated rings. The lowest BCUT2D eigenvalue weighted by molar-refractivity contribution is 0.0970. The van der Waals surface area contributed by atoms with E-state index in [4.69, 9.17) is 16.0 Å². The summed E-state index contributed by atoms with van der Waals surface area (Å²) in [5.74, 6) is 0.114. The fraction of sp³-hybridized carbons (Fsp3) is 0.125. The largest absolute Gasteiger partial charge is 0.450 e. The fourth-order valence-corrected chi connectivity index (χ4v) is 4.05. The van der Waals surface area contributed by atoms with Crippen LogP contribution in [0.4, 0.5) is 5.82 Å². The first-order valence-corrected chi connectivity index (χ1v) is 9.91. The fourth-order valence-electron chi connectivity index (χ4n) is 3.89. The number of carbonyl (C=O) groups is 1. The van der Waals surface area contributed by atoms with E-state index in [-0.39, 0.29) is 17.1 Å². The first kappa shape index (κ1) is 18.6. The van der Waals surface area contributed by atoms with Gasteiger partial charge in [-0.05, 0) is 49.2 Å². The molecular formula is C24H17ClN2O3. The summed E-state index contributed by atoms with van der Waals surface area (Å²) < 4.78 is 5.98. The molecule has 0 bridgehead atoms. The third-order valence-electron chi connectivity index (χ3n) is 5.44. The van der Waals surface area contributed by atoms with Gasteiger partial charge in [-0.2, -0.15) is 0 Å². The minimum absolute atomic E-state index is 0.0467. The number of rotatable bonds is 2. The van der Waals surface area contributed by atoms with Crippen LogP contribution >= 0.6 is 11.6 Å². The number of carbonyl (C=O) groups excluding carboxylic acids is 1. The monoisotopic (exact) mass is 416 g/mol. The maximum absolute atomic E-state index is 13.5. The van der Waals surface area contributed by atoms with Gasteiger partial charge in [-0.15, -0.1) is 0 Å². The molecule has 4 aromatic rings.